The fourth-order valence-corrected chi connectivity index (χ4v) is 3.19. The Balaban J connectivity index is 1.81. The van der Waals surface area contributed by atoms with Crippen molar-refractivity contribution >= 4 is 11.5 Å². The van der Waals surface area contributed by atoms with Crippen molar-refractivity contribution in [3.05, 3.63) is 83.6 Å². The van der Waals surface area contributed by atoms with Crippen molar-refractivity contribution in [1.29, 1.82) is 0 Å². The number of benzene rings is 2. The molecular weight excluding hydrogens is 322 g/mol. The molecular formula is C22H21N3O. The second kappa shape index (κ2) is 6.56. The van der Waals surface area contributed by atoms with Gasteiger partial charge in [-0.15, -0.1) is 0 Å². The first-order valence-corrected chi connectivity index (χ1v) is 8.68. The highest BCUT2D eigenvalue weighted by molar-refractivity contribution is 5.80. The third-order valence-corrected chi connectivity index (χ3v) is 4.48. The summed E-state index contributed by atoms with van der Waals surface area (Å²) in [5.74, 6) is 1.11. The van der Waals surface area contributed by atoms with E-state index in [-0.39, 0.29) is 5.75 Å². The summed E-state index contributed by atoms with van der Waals surface area (Å²) < 4.78 is 2.03. The maximum absolute atomic E-state index is 10.3. The molecule has 4 rings (SSSR count). The summed E-state index contributed by atoms with van der Waals surface area (Å²) in [4.78, 5) is 4.77. The van der Waals surface area contributed by atoms with Gasteiger partial charge in [0, 0.05) is 18.3 Å². The fraction of sp³-hybridized carbons (Fsp3) is 0.136. The number of rotatable bonds is 4. The zero-order valence-corrected chi connectivity index (χ0v) is 14.9. The van der Waals surface area contributed by atoms with Crippen LogP contribution in [0.3, 0.4) is 0 Å². The van der Waals surface area contributed by atoms with E-state index < -0.39 is 0 Å². The van der Waals surface area contributed by atoms with Gasteiger partial charge in [0.15, 0.2) is 0 Å². The van der Waals surface area contributed by atoms with Crippen LogP contribution < -0.4 is 5.32 Å². The van der Waals surface area contributed by atoms with E-state index in [1.807, 2.05) is 41.8 Å². The smallest absolute Gasteiger partial charge is 0.139 e. The molecule has 0 amide bonds. The van der Waals surface area contributed by atoms with Crippen molar-refractivity contribution in [2.45, 2.75) is 20.4 Å². The van der Waals surface area contributed by atoms with E-state index in [0.29, 0.717) is 6.54 Å². The number of phenolic OH excluding ortho intramolecular Hbond substituents is 1. The van der Waals surface area contributed by atoms with Crippen molar-refractivity contribution in [2.24, 2.45) is 0 Å². The summed E-state index contributed by atoms with van der Waals surface area (Å²) in [7, 11) is 0. The lowest BCUT2D eigenvalue weighted by atomic mass is 10.1. The van der Waals surface area contributed by atoms with Gasteiger partial charge in [-0.25, -0.2) is 4.98 Å². The van der Waals surface area contributed by atoms with Crippen LogP contribution in [0, 0.1) is 13.8 Å². The number of nitrogens with zero attached hydrogens (tertiary/aromatic N) is 2. The molecule has 0 aliphatic heterocycles. The monoisotopic (exact) mass is 343 g/mol. The second-order valence-electron chi connectivity index (χ2n) is 6.60. The highest BCUT2D eigenvalue weighted by atomic mass is 16.3. The van der Waals surface area contributed by atoms with E-state index >= 15 is 0 Å². The maximum atomic E-state index is 10.3. The predicted octanol–water partition coefficient (Wildman–Crippen LogP) is 4.94. The fourth-order valence-electron chi connectivity index (χ4n) is 3.19. The lowest BCUT2D eigenvalue weighted by Gasteiger charge is -2.10. The molecule has 4 heteroatoms. The number of aromatic hydroxyl groups is 1. The largest absolute Gasteiger partial charge is 0.507 e. The highest BCUT2D eigenvalue weighted by Crippen LogP contribution is 2.34. The number of fused-ring (bicyclic) bond motifs is 1. The van der Waals surface area contributed by atoms with Gasteiger partial charge in [0.05, 0.1) is 0 Å². The molecule has 0 bridgehead atoms. The minimum Gasteiger partial charge on any atom is -0.507 e. The average molecular weight is 343 g/mol. The standard InChI is InChI=1S/C22H21N3O/c1-15-6-5-7-17(12-15)14-23-22-21(18-8-3-4-9-19(18)26)24-20-13-16(2)10-11-25(20)22/h3-13,23,26H,14H2,1-2H3. The summed E-state index contributed by atoms with van der Waals surface area (Å²) in [6, 6.07) is 19.8. The summed E-state index contributed by atoms with van der Waals surface area (Å²) in [6.45, 7) is 4.83. The summed E-state index contributed by atoms with van der Waals surface area (Å²) in [5, 5.41) is 13.8. The number of imidazole rings is 1. The number of aromatic nitrogens is 2. The Morgan fingerprint density at radius 3 is 2.58 bits per heavy atom. The van der Waals surface area contributed by atoms with Crippen molar-refractivity contribution in [3.8, 4) is 17.0 Å². The first kappa shape index (κ1) is 16.2. The number of hydrogen-bond acceptors (Lipinski definition) is 3. The highest BCUT2D eigenvalue weighted by Gasteiger charge is 2.16. The Kier molecular flexibility index (Phi) is 4.09. The third-order valence-electron chi connectivity index (χ3n) is 4.48. The minimum atomic E-state index is 0.228. The van der Waals surface area contributed by atoms with Crippen LogP contribution in [-0.4, -0.2) is 14.5 Å². The van der Waals surface area contributed by atoms with Crippen LogP contribution in [0.4, 0.5) is 5.82 Å². The molecule has 0 saturated carbocycles. The molecule has 4 aromatic rings. The molecule has 0 fully saturated rings. The van der Waals surface area contributed by atoms with Crippen LogP contribution in [0.2, 0.25) is 0 Å². The molecule has 0 saturated heterocycles. The van der Waals surface area contributed by atoms with Crippen LogP contribution in [0.5, 0.6) is 5.75 Å². The third kappa shape index (κ3) is 3.02. The molecule has 0 atom stereocenters. The van der Waals surface area contributed by atoms with Gasteiger partial charge < -0.3 is 10.4 Å². The Bertz CT molecular complexity index is 1080. The molecule has 26 heavy (non-hydrogen) atoms. The first-order chi connectivity index (χ1) is 12.6. The van der Waals surface area contributed by atoms with Crippen molar-refractivity contribution in [2.75, 3.05) is 5.32 Å². The van der Waals surface area contributed by atoms with Crippen LogP contribution >= 0.6 is 0 Å². The molecule has 0 spiro atoms. The number of phenols is 1. The molecule has 0 unspecified atom stereocenters. The average Bonchev–Trinajstić information content (AvgIpc) is 2.97. The van der Waals surface area contributed by atoms with Gasteiger partial charge in [-0.05, 0) is 49.2 Å². The van der Waals surface area contributed by atoms with Crippen LogP contribution in [-0.2, 0) is 6.54 Å². The topological polar surface area (TPSA) is 49.6 Å². The molecule has 2 aromatic heterocycles. The number of pyridine rings is 1. The van der Waals surface area contributed by atoms with Crippen LogP contribution in [0.15, 0.2) is 66.9 Å². The van der Waals surface area contributed by atoms with E-state index in [2.05, 4.69) is 42.6 Å². The van der Waals surface area contributed by atoms with Gasteiger partial charge in [-0.1, -0.05) is 42.0 Å². The molecule has 2 aromatic carbocycles. The molecule has 0 radical (unpaired) electrons. The van der Waals surface area contributed by atoms with Gasteiger partial charge in [0.25, 0.3) is 0 Å². The lowest BCUT2D eigenvalue weighted by Crippen LogP contribution is -2.03. The van der Waals surface area contributed by atoms with E-state index in [0.717, 1.165) is 28.3 Å². The number of hydrogen-bond donors (Lipinski definition) is 2. The summed E-state index contributed by atoms with van der Waals surface area (Å²) >= 11 is 0. The number of nitrogens with one attached hydrogen (secondary N) is 1. The second-order valence-corrected chi connectivity index (χ2v) is 6.60. The molecule has 0 aliphatic carbocycles. The Labute approximate surface area is 152 Å². The van der Waals surface area contributed by atoms with Gasteiger partial charge in [-0.3, -0.25) is 4.40 Å². The zero-order chi connectivity index (χ0) is 18.1. The van der Waals surface area contributed by atoms with E-state index in [9.17, 15) is 5.11 Å². The Hall–Kier alpha value is -3.27. The van der Waals surface area contributed by atoms with E-state index in [1.54, 1.807) is 6.07 Å². The quantitative estimate of drug-likeness (QED) is 0.552. The number of aryl methyl sites for hydroxylation is 2. The van der Waals surface area contributed by atoms with E-state index in [1.165, 1.54) is 11.1 Å². The zero-order valence-electron chi connectivity index (χ0n) is 14.9. The maximum Gasteiger partial charge on any atom is 0.139 e. The predicted molar refractivity (Wildman–Crippen MR) is 106 cm³/mol. The van der Waals surface area contributed by atoms with Gasteiger partial charge in [-0.2, -0.15) is 0 Å². The van der Waals surface area contributed by atoms with Crippen molar-refractivity contribution < 1.29 is 5.11 Å². The molecule has 4 nitrogen and oxygen atoms in total. The van der Waals surface area contributed by atoms with Gasteiger partial charge >= 0.3 is 0 Å². The Morgan fingerprint density at radius 2 is 1.77 bits per heavy atom. The minimum absolute atomic E-state index is 0.228. The van der Waals surface area contributed by atoms with Crippen LogP contribution in [0.25, 0.3) is 16.9 Å². The molecule has 0 aliphatic rings. The lowest BCUT2D eigenvalue weighted by molar-refractivity contribution is 0.477. The SMILES string of the molecule is Cc1cccc(CNc2c(-c3ccccc3O)nc3cc(C)ccn23)c1. The Morgan fingerprint density at radius 1 is 0.962 bits per heavy atom. The normalized spacial score (nSPS) is 11.0. The van der Waals surface area contributed by atoms with E-state index in [4.69, 9.17) is 4.98 Å². The number of anilines is 1. The molecule has 130 valence electrons. The first-order valence-electron chi connectivity index (χ1n) is 8.68. The number of para-hydroxylation sites is 1. The van der Waals surface area contributed by atoms with Gasteiger partial charge in [0.2, 0.25) is 0 Å². The van der Waals surface area contributed by atoms with Crippen molar-refractivity contribution in [3.63, 3.8) is 0 Å². The van der Waals surface area contributed by atoms with Gasteiger partial charge in [0.1, 0.15) is 22.9 Å². The van der Waals surface area contributed by atoms with Crippen molar-refractivity contribution in [1.82, 2.24) is 9.38 Å². The molecule has 2 heterocycles. The summed E-state index contributed by atoms with van der Waals surface area (Å²) in [5.41, 5.74) is 5.92. The molecule has 2 N–H and O–H groups in total. The van der Waals surface area contributed by atoms with Crippen LogP contribution in [0.1, 0.15) is 16.7 Å². The summed E-state index contributed by atoms with van der Waals surface area (Å²) in [6.07, 6.45) is 2.01.